The van der Waals surface area contributed by atoms with Crippen molar-refractivity contribution in [3.63, 3.8) is 0 Å². The van der Waals surface area contributed by atoms with E-state index in [2.05, 4.69) is 14.9 Å². The fourth-order valence-corrected chi connectivity index (χ4v) is 4.96. The lowest BCUT2D eigenvalue weighted by Crippen LogP contribution is -2.27. The lowest BCUT2D eigenvalue weighted by atomic mass is 10.1. The topological polar surface area (TPSA) is 110 Å². The van der Waals surface area contributed by atoms with Crippen LogP contribution in [0, 0.1) is 0 Å². The van der Waals surface area contributed by atoms with Crippen LogP contribution in [0.3, 0.4) is 0 Å². The number of fused-ring (bicyclic) bond motifs is 1. The summed E-state index contributed by atoms with van der Waals surface area (Å²) in [6.07, 6.45) is 2.44. The van der Waals surface area contributed by atoms with Gasteiger partial charge in [-0.1, -0.05) is 24.3 Å². The van der Waals surface area contributed by atoms with E-state index in [0.29, 0.717) is 35.7 Å². The van der Waals surface area contributed by atoms with E-state index in [0.717, 1.165) is 28.0 Å². The first kappa shape index (κ1) is 31.1. The number of methoxy groups -OCH3 is 4. The van der Waals surface area contributed by atoms with Crippen LogP contribution in [0.2, 0.25) is 0 Å². The lowest BCUT2D eigenvalue weighted by molar-refractivity contribution is 0.0547. The van der Waals surface area contributed by atoms with Gasteiger partial charge in [-0.05, 0) is 68.3 Å². The monoisotopic (exact) mass is 611 g/mol. The normalized spacial score (nSPS) is 11.3. The van der Waals surface area contributed by atoms with Crippen LogP contribution in [-0.4, -0.2) is 59.7 Å². The maximum Gasteiger partial charge on any atom is 0.419 e. The number of ether oxygens (including phenoxy) is 5. The van der Waals surface area contributed by atoms with Gasteiger partial charge in [-0.3, -0.25) is 0 Å². The van der Waals surface area contributed by atoms with Gasteiger partial charge >= 0.3 is 6.09 Å². The van der Waals surface area contributed by atoms with Gasteiger partial charge in [0.1, 0.15) is 34.8 Å². The SMILES string of the molecule is COc1ccc(CN(Cc2ccc(OC)cc2)c2cc3cc(-c4c(OC)ncnc4OC)n(C(=O)OC(C)(C)C)c3cn2)cc1. The van der Waals surface area contributed by atoms with Gasteiger partial charge in [0.05, 0.1) is 45.8 Å². The fraction of sp³-hybridized carbons (Fsp3) is 0.294. The number of hydrogen-bond acceptors (Lipinski definition) is 10. The molecule has 0 bridgehead atoms. The van der Waals surface area contributed by atoms with Gasteiger partial charge in [-0.2, -0.15) is 0 Å². The first-order valence-corrected chi connectivity index (χ1v) is 14.3. The van der Waals surface area contributed by atoms with Crippen molar-refractivity contribution in [2.45, 2.75) is 39.5 Å². The van der Waals surface area contributed by atoms with E-state index in [1.165, 1.54) is 25.1 Å². The summed E-state index contributed by atoms with van der Waals surface area (Å²) in [5.74, 6) is 2.79. The molecule has 0 radical (unpaired) electrons. The minimum Gasteiger partial charge on any atom is -0.497 e. The molecule has 11 heteroatoms. The van der Waals surface area contributed by atoms with Crippen molar-refractivity contribution in [1.82, 2.24) is 19.5 Å². The van der Waals surface area contributed by atoms with E-state index in [4.69, 9.17) is 28.7 Å². The van der Waals surface area contributed by atoms with E-state index < -0.39 is 11.7 Å². The number of hydrogen-bond donors (Lipinski definition) is 0. The maximum absolute atomic E-state index is 13.7. The Labute approximate surface area is 262 Å². The molecule has 0 N–H and O–H groups in total. The number of nitrogens with zero attached hydrogens (tertiary/aromatic N) is 5. The summed E-state index contributed by atoms with van der Waals surface area (Å²) in [5, 5.41) is 0.753. The maximum atomic E-state index is 13.7. The molecule has 0 aliphatic heterocycles. The van der Waals surface area contributed by atoms with Crippen molar-refractivity contribution in [2.24, 2.45) is 0 Å². The first-order valence-electron chi connectivity index (χ1n) is 14.3. The predicted molar refractivity (Wildman–Crippen MR) is 171 cm³/mol. The Morgan fingerprint density at radius 1 is 0.756 bits per heavy atom. The molecule has 0 saturated carbocycles. The van der Waals surface area contributed by atoms with Crippen molar-refractivity contribution in [1.29, 1.82) is 0 Å². The quantitative estimate of drug-likeness (QED) is 0.173. The van der Waals surface area contributed by atoms with Gasteiger partial charge < -0.3 is 28.6 Å². The Hall–Kier alpha value is -5.32. The highest BCUT2D eigenvalue weighted by molar-refractivity contribution is 5.98. The number of benzene rings is 2. The Morgan fingerprint density at radius 2 is 1.29 bits per heavy atom. The minimum absolute atomic E-state index is 0.253. The molecule has 0 saturated heterocycles. The van der Waals surface area contributed by atoms with Crippen LogP contribution in [0.1, 0.15) is 31.9 Å². The third-order valence-electron chi connectivity index (χ3n) is 7.06. The van der Waals surface area contributed by atoms with Crippen LogP contribution < -0.4 is 23.8 Å². The average Bonchev–Trinajstić information content (AvgIpc) is 3.42. The highest BCUT2D eigenvalue weighted by Crippen LogP contribution is 2.39. The molecule has 3 heterocycles. The molecule has 3 aromatic heterocycles. The molecule has 11 nitrogen and oxygen atoms in total. The Kier molecular flexibility index (Phi) is 9.08. The zero-order valence-corrected chi connectivity index (χ0v) is 26.5. The molecule has 2 aromatic carbocycles. The smallest absolute Gasteiger partial charge is 0.419 e. The molecule has 45 heavy (non-hydrogen) atoms. The molecular formula is C34H37N5O6. The van der Waals surface area contributed by atoms with Crippen molar-refractivity contribution in [3.05, 3.63) is 84.3 Å². The molecule has 0 amide bonds. The number of aromatic nitrogens is 4. The Morgan fingerprint density at radius 3 is 1.76 bits per heavy atom. The standard InChI is InChI=1S/C34H37N5O6/c1-34(2,3)45-33(40)39-27(30-31(43-6)36-21-37-32(30)44-7)16-24-17-29(35-18-28(24)39)38(19-22-8-12-25(41-4)13-9-22)20-23-10-14-26(42-5)15-11-23/h8-18,21H,19-20H2,1-7H3. The number of rotatable bonds is 10. The van der Waals surface area contributed by atoms with Gasteiger partial charge in [-0.15, -0.1) is 0 Å². The number of carbonyl (C=O) groups is 1. The van der Waals surface area contributed by atoms with E-state index in [-0.39, 0.29) is 11.8 Å². The second-order valence-corrected chi connectivity index (χ2v) is 11.3. The third kappa shape index (κ3) is 6.93. The van der Waals surface area contributed by atoms with Crippen LogP contribution in [0.4, 0.5) is 10.6 Å². The molecule has 0 unspecified atom stereocenters. The molecule has 0 fully saturated rings. The zero-order valence-electron chi connectivity index (χ0n) is 26.5. The van der Waals surface area contributed by atoms with Crippen LogP contribution in [0.25, 0.3) is 22.2 Å². The van der Waals surface area contributed by atoms with E-state index >= 15 is 0 Å². The van der Waals surface area contributed by atoms with Crippen molar-refractivity contribution >= 4 is 22.8 Å². The summed E-state index contributed by atoms with van der Waals surface area (Å²) in [7, 11) is 6.30. The molecule has 234 valence electrons. The second kappa shape index (κ2) is 13.1. The van der Waals surface area contributed by atoms with Crippen LogP contribution in [0.5, 0.6) is 23.3 Å². The van der Waals surface area contributed by atoms with Gasteiger partial charge in [0.25, 0.3) is 0 Å². The van der Waals surface area contributed by atoms with Gasteiger partial charge in [0, 0.05) is 18.5 Å². The third-order valence-corrected chi connectivity index (χ3v) is 7.06. The highest BCUT2D eigenvalue weighted by Gasteiger charge is 2.28. The molecule has 0 atom stereocenters. The molecule has 0 aliphatic rings. The van der Waals surface area contributed by atoms with E-state index in [9.17, 15) is 4.79 Å². The summed E-state index contributed by atoms with van der Waals surface area (Å²) >= 11 is 0. The highest BCUT2D eigenvalue weighted by atomic mass is 16.6. The summed E-state index contributed by atoms with van der Waals surface area (Å²) in [6.45, 7) is 6.59. The lowest BCUT2D eigenvalue weighted by Gasteiger charge is -2.25. The van der Waals surface area contributed by atoms with Crippen molar-refractivity contribution in [2.75, 3.05) is 33.3 Å². The van der Waals surface area contributed by atoms with Gasteiger partial charge in [0.15, 0.2) is 0 Å². The molecular weight excluding hydrogens is 574 g/mol. The number of pyridine rings is 1. The molecule has 5 rings (SSSR count). The van der Waals surface area contributed by atoms with Crippen molar-refractivity contribution < 1.29 is 28.5 Å². The molecule has 0 spiro atoms. The summed E-state index contributed by atoms with van der Waals surface area (Å²) < 4.78 is 29.1. The Balaban J connectivity index is 1.64. The number of anilines is 1. The summed E-state index contributed by atoms with van der Waals surface area (Å²) in [5.41, 5.74) is 2.82. The average molecular weight is 612 g/mol. The number of carbonyl (C=O) groups excluding carboxylic acids is 1. The molecule has 0 aliphatic carbocycles. The van der Waals surface area contributed by atoms with Gasteiger partial charge in [-0.25, -0.2) is 24.3 Å². The van der Waals surface area contributed by atoms with E-state index in [1.807, 2.05) is 81.4 Å². The summed E-state index contributed by atoms with van der Waals surface area (Å²) in [6, 6.07) is 19.7. The largest absolute Gasteiger partial charge is 0.497 e. The van der Waals surface area contributed by atoms with Crippen molar-refractivity contribution in [3.8, 4) is 34.5 Å². The Bertz CT molecular complexity index is 1710. The van der Waals surface area contributed by atoms with Crippen LogP contribution in [0.15, 0.2) is 73.2 Å². The first-order chi connectivity index (χ1) is 21.6. The van der Waals surface area contributed by atoms with Crippen LogP contribution >= 0.6 is 0 Å². The van der Waals surface area contributed by atoms with Crippen LogP contribution in [-0.2, 0) is 17.8 Å². The van der Waals surface area contributed by atoms with E-state index in [1.54, 1.807) is 20.4 Å². The molecule has 5 aromatic rings. The second-order valence-electron chi connectivity index (χ2n) is 11.3. The van der Waals surface area contributed by atoms with Gasteiger partial charge in [0.2, 0.25) is 11.8 Å². The fourth-order valence-electron chi connectivity index (χ4n) is 4.96. The minimum atomic E-state index is -0.743. The summed E-state index contributed by atoms with van der Waals surface area (Å²) in [4.78, 5) is 29.3. The zero-order chi connectivity index (χ0) is 32.1. The predicted octanol–water partition coefficient (Wildman–Crippen LogP) is 6.52.